The molecule has 0 saturated carbocycles. The van der Waals surface area contributed by atoms with Gasteiger partial charge >= 0.3 is 6.00 Å². The van der Waals surface area contributed by atoms with E-state index in [4.69, 9.17) is 47.4 Å². The van der Waals surface area contributed by atoms with Crippen molar-refractivity contribution in [1.82, 2.24) is 0 Å². The van der Waals surface area contributed by atoms with Crippen LogP contribution in [0.25, 0.3) is 0 Å². The molecule has 124 valence electrons. The van der Waals surface area contributed by atoms with Crippen molar-refractivity contribution in [3.05, 3.63) is 23.8 Å². The summed E-state index contributed by atoms with van der Waals surface area (Å²) < 4.78 is 17.5. The molecule has 1 aliphatic rings. The third kappa shape index (κ3) is 5.50. The predicted octanol–water partition coefficient (Wildman–Crippen LogP) is 5.54. The van der Waals surface area contributed by atoms with Crippen LogP contribution in [0.4, 0.5) is 0 Å². The maximum atomic E-state index is 5.96. The van der Waals surface area contributed by atoms with Crippen LogP contribution in [0.3, 0.4) is 0 Å². The normalized spacial score (nSPS) is 21.1. The fourth-order valence-corrected chi connectivity index (χ4v) is 4.14. The van der Waals surface area contributed by atoms with Crippen LogP contribution < -0.4 is 9.47 Å². The average molecular weight is 384 g/mol. The van der Waals surface area contributed by atoms with Crippen molar-refractivity contribution in [3.63, 3.8) is 0 Å². The van der Waals surface area contributed by atoms with Crippen LogP contribution in [0.15, 0.2) is 18.2 Å². The van der Waals surface area contributed by atoms with Crippen molar-refractivity contribution in [3.8, 4) is 11.5 Å². The van der Waals surface area contributed by atoms with Crippen LogP contribution in [0.5, 0.6) is 11.5 Å². The van der Waals surface area contributed by atoms with E-state index in [1.54, 1.807) is 0 Å². The molecule has 1 aromatic rings. The lowest BCUT2D eigenvalue weighted by Gasteiger charge is -2.35. The molecule has 0 radical (unpaired) electrons. The standard InChI is InChI=1S/C15H21Cl3O3Si/c1-3-7-15(2)20-11-12-10-13(5-6-14(12)21-15)19-8-4-9-22(16,17)18/h5-6,10H,3-4,7-9,11H2,1-2H3. The van der Waals surface area contributed by atoms with Crippen molar-refractivity contribution in [1.29, 1.82) is 0 Å². The molecule has 1 aromatic carbocycles. The number of hydrogen-bond acceptors (Lipinski definition) is 3. The molecular weight excluding hydrogens is 363 g/mol. The van der Waals surface area contributed by atoms with E-state index in [1.165, 1.54) is 0 Å². The number of benzene rings is 1. The molecular formula is C15H21Cl3O3Si. The molecule has 7 heteroatoms. The van der Waals surface area contributed by atoms with Gasteiger partial charge in [0.2, 0.25) is 5.79 Å². The Morgan fingerprint density at radius 3 is 2.77 bits per heavy atom. The highest BCUT2D eigenvalue weighted by molar-refractivity contribution is 7.64. The molecule has 0 aromatic heterocycles. The van der Waals surface area contributed by atoms with E-state index < -0.39 is 11.8 Å². The van der Waals surface area contributed by atoms with Crippen LogP contribution in [-0.4, -0.2) is 18.4 Å². The van der Waals surface area contributed by atoms with Gasteiger partial charge in [-0.3, -0.25) is 0 Å². The van der Waals surface area contributed by atoms with Gasteiger partial charge in [0.25, 0.3) is 0 Å². The van der Waals surface area contributed by atoms with Gasteiger partial charge in [-0.05, 0) is 37.1 Å². The molecule has 0 amide bonds. The Morgan fingerprint density at radius 1 is 1.32 bits per heavy atom. The summed E-state index contributed by atoms with van der Waals surface area (Å²) in [6.07, 6.45) is 2.62. The Bertz CT molecular complexity index is 507. The molecule has 22 heavy (non-hydrogen) atoms. The zero-order chi connectivity index (χ0) is 16.2. The summed E-state index contributed by atoms with van der Waals surface area (Å²) in [5.41, 5.74) is 1.00. The van der Waals surface area contributed by atoms with Gasteiger partial charge in [0.05, 0.1) is 13.2 Å². The first-order chi connectivity index (χ1) is 10.3. The highest BCUT2D eigenvalue weighted by atomic mass is 35.8. The summed E-state index contributed by atoms with van der Waals surface area (Å²) in [4.78, 5) is 0. The first-order valence-electron chi connectivity index (χ1n) is 7.47. The molecule has 1 unspecified atom stereocenters. The molecule has 1 aliphatic heterocycles. The number of rotatable bonds is 7. The van der Waals surface area contributed by atoms with E-state index in [1.807, 2.05) is 25.1 Å². The third-order valence-corrected chi connectivity index (χ3v) is 6.09. The second-order valence-corrected chi connectivity index (χ2v) is 14.9. The molecule has 0 spiro atoms. The van der Waals surface area contributed by atoms with Gasteiger partial charge in [-0.1, -0.05) is 6.92 Å². The lowest BCUT2D eigenvalue weighted by Crippen LogP contribution is -2.38. The van der Waals surface area contributed by atoms with Gasteiger partial charge in [0, 0.05) is 18.9 Å². The minimum Gasteiger partial charge on any atom is -0.494 e. The van der Waals surface area contributed by atoms with Crippen LogP contribution >= 0.6 is 33.2 Å². The van der Waals surface area contributed by atoms with E-state index in [2.05, 4.69) is 6.92 Å². The quantitative estimate of drug-likeness (QED) is 0.351. The molecule has 1 heterocycles. The Hall–Kier alpha value is -0.133. The highest BCUT2D eigenvalue weighted by Crippen LogP contribution is 2.35. The molecule has 0 aliphatic carbocycles. The largest absolute Gasteiger partial charge is 0.494 e. The first kappa shape index (κ1) is 18.2. The predicted molar refractivity (Wildman–Crippen MR) is 93.4 cm³/mol. The van der Waals surface area contributed by atoms with Gasteiger partial charge in [-0.15, -0.1) is 33.2 Å². The molecule has 0 fully saturated rings. The zero-order valence-electron chi connectivity index (χ0n) is 12.8. The molecule has 0 bridgehead atoms. The maximum Gasteiger partial charge on any atom is 0.341 e. The molecule has 3 nitrogen and oxygen atoms in total. The van der Waals surface area contributed by atoms with E-state index in [-0.39, 0.29) is 0 Å². The van der Waals surface area contributed by atoms with E-state index in [9.17, 15) is 0 Å². The fourth-order valence-electron chi connectivity index (χ4n) is 2.39. The van der Waals surface area contributed by atoms with Gasteiger partial charge in [0.15, 0.2) is 0 Å². The van der Waals surface area contributed by atoms with Crippen LogP contribution in [0.1, 0.15) is 38.7 Å². The van der Waals surface area contributed by atoms with Crippen LogP contribution in [-0.2, 0) is 11.3 Å². The third-order valence-electron chi connectivity index (χ3n) is 3.47. The maximum absolute atomic E-state index is 5.96. The van der Waals surface area contributed by atoms with Crippen molar-refractivity contribution in [2.24, 2.45) is 0 Å². The molecule has 1 atom stereocenters. The topological polar surface area (TPSA) is 27.7 Å². The molecule has 0 N–H and O–H groups in total. The zero-order valence-corrected chi connectivity index (χ0v) is 16.1. The van der Waals surface area contributed by atoms with Crippen LogP contribution in [0, 0.1) is 0 Å². The Balaban J connectivity index is 1.90. The van der Waals surface area contributed by atoms with E-state index in [0.29, 0.717) is 19.3 Å². The number of hydrogen-bond donors (Lipinski definition) is 0. The SMILES string of the molecule is CCCC1(C)OCc2cc(OCCC[Si](Cl)(Cl)Cl)ccc2O1. The minimum absolute atomic E-state index is 0.529. The molecule has 2 rings (SSSR count). The van der Waals surface area contributed by atoms with Gasteiger partial charge in [-0.2, -0.15) is 0 Å². The van der Waals surface area contributed by atoms with Crippen molar-refractivity contribution >= 4 is 39.2 Å². The van der Waals surface area contributed by atoms with E-state index in [0.717, 1.165) is 36.3 Å². The Labute approximate surface area is 146 Å². The highest BCUT2D eigenvalue weighted by Gasteiger charge is 2.31. The van der Waals surface area contributed by atoms with Crippen molar-refractivity contribution < 1.29 is 14.2 Å². The Kier molecular flexibility index (Phi) is 6.31. The van der Waals surface area contributed by atoms with E-state index >= 15 is 0 Å². The monoisotopic (exact) mass is 382 g/mol. The van der Waals surface area contributed by atoms with Gasteiger partial charge in [-0.25, -0.2) is 0 Å². The van der Waals surface area contributed by atoms with Crippen LogP contribution in [0.2, 0.25) is 6.04 Å². The Morgan fingerprint density at radius 2 is 2.09 bits per heavy atom. The fraction of sp³-hybridized carbons (Fsp3) is 0.600. The van der Waals surface area contributed by atoms with Gasteiger partial charge < -0.3 is 14.2 Å². The van der Waals surface area contributed by atoms with Crippen molar-refractivity contribution in [2.45, 2.75) is 51.5 Å². The summed E-state index contributed by atoms with van der Waals surface area (Å²) in [5.74, 6) is 1.12. The average Bonchev–Trinajstić information content (AvgIpc) is 2.43. The summed E-state index contributed by atoms with van der Waals surface area (Å²) in [6.45, 7) is 5.16. The number of fused-ring (bicyclic) bond motifs is 1. The molecule has 0 saturated heterocycles. The number of ether oxygens (including phenoxy) is 3. The summed E-state index contributed by atoms with van der Waals surface area (Å²) in [5, 5.41) is 0. The number of halogens is 3. The second kappa shape index (κ2) is 7.62. The lowest BCUT2D eigenvalue weighted by molar-refractivity contribution is -0.197. The smallest absolute Gasteiger partial charge is 0.341 e. The minimum atomic E-state index is -2.55. The summed E-state index contributed by atoms with van der Waals surface area (Å²) in [7, 11) is 0. The van der Waals surface area contributed by atoms with Crippen molar-refractivity contribution in [2.75, 3.05) is 6.61 Å². The second-order valence-electron chi connectivity index (χ2n) is 5.61. The summed E-state index contributed by atoms with van der Waals surface area (Å²) in [6, 6.07) is 3.85. The first-order valence-corrected chi connectivity index (χ1v) is 12.7. The lowest BCUT2D eigenvalue weighted by atomic mass is 10.1. The van der Waals surface area contributed by atoms with Gasteiger partial charge in [0.1, 0.15) is 11.5 Å². The summed E-state index contributed by atoms with van der Waals surface area (Å²) >= 11 is 17.5.